The second-order valence-electron chi connectivity index (χ2n) is 6.57. The van der Waals surface area contributed by atoms with Gasteiger partial charge in [-0.15, -0.1) is 11.3 Å². The van der Waals surface area contributed by atoms with Crippen LogP contribution in [0.1, 0.15) is 37.6 Å². The van der Waals surface area contributed by atoms with Gasteiger partial charge in [-0.25, -0.2) is 9.78 Å². The van der Waals surface area contributed by atoms with Gasteiger partial charge in [0.15, 0.2) is 5.13 Å². The molecule has 0 atom stereocenters. The summed E-state index contributed by atoms with van der Waals surface area (Å²) in [6, 6.07) is 9.43. The number of carbonyl (C=O) groups is 1. The van der Waals surface area contributed by atoms with Crippen molar-refractivity contribution < 1.29 is 4.79 Å². The first kappa shape index (κ1) is 21.2. The largest absolute Gasteiger partial charge is 0.331 e. The standard InChI is InChI=1S/C21H21N5O3S/c1-4-15-8-6-7-9-18(15)26(14(3)27)20-23-17(13-30-20)12-25-19(28)16(10-22)11-24(5-2)21(25)29/h6-9,11,13H,4-5,12H2,1-3H3. The SMILES string of the molecule is CCc1ccccc1N(C(C)=O)c1nc(Cn2c(=O)c(C#N)cn(CC)c2=O)cs1. The van der Waals surface area contributed by atoms with Crippen molar-refractivity contribution in [3.8, 4) is 6.07 Å². The van der Waals surface area contributed by atoms with Gasteiger partial charge in [-0.2, -0.15) is 5.26 Å². The molecule has 0 bridgehead atoms. The minimum absolute atomic E-state index is 0.0785. The Morgan fingerprint density at radius 1 is 1.27 bits per heavy atom. The fourth-order valence-corrected chi connectivity index (χ4v) is 4.04. The molecule has 30 heavy (non-hydrogen) atoms. The maximum absolute atomic E-state index is 12.6. The zero-order chi connectivity index (χ0) is 21.8. The Bertz CT molecular complexity index is 1250. The lowest BCUT2D eigenvalue weighted by atomic mass is 10.1. The molecule has 154 valence electrons. The number of benzene rings is 1. The van der Waals surface area contributed by atoms with Gasteiger partial charge in [0.1, 0.15) is 11.6 Å². The Balaban J connectivity index is 2.03. The van der Waals surface area contributed by atoms with Crippen LogP contribution in [0.2, 0.25) is 0 Å². The zero-order valence-corrected chi connectivity index (χ0v) is 17.8. The van der Waals surface area contributed by atoms with Gasteiger partial charge >= 0.3 is 5.69 Å². The fourth-order valence-electron chi connectivity index (χ4n) is 3.17. The molecule has 1 aromatic carbocycles. The van der Waals surface area contributed by atoms with Crippen molar-refractivity contribution in [1.29, 1.82) is 5.26 Å². The molecule has 0 fully saturated rings. The molecule has 9 heteroatoms. The molecule has 3 aromatic rings. The van der Waals surface area contributed by atoms with E-state index in [9.17, 15) is 19.6 Å². The van der Waals surface area contributed by atoms with Crippen LogP contribution in [0.4, 0.5) is 10.8 Å². The minimum atomic E-state index is -0.651. The van der Waals surface area contributed by atoms with Crippen molar-refractivity contribution in [2.45, 2.75) is 40.3 Å². The molecule has 0 saturated carbocycles. The highest BCUT2D eigenvalue weighted by atomic mass is 32.1. The molecule has 0 N–H and O–H groups in total. The number of para-hydroxylation sites is 1. The van der Waals surface area contributed by atoms with E-state index in [4.69, 9.17) is 0 Å². The average Bonchev–Trinajstić information content (AvgIpc) is 3.19. The summed E-state index contributed by atoms with van der Waals surface area (Å²) in [7, 11) is 0. The minimum Gasteiger partial charge on any atom is -0.299 e. The summed E-state index contributed by atoms with van der Waals surface area (Å²) in [6.45, 7) is 5.49. The summed E-state index contributed by atoms with van der Waals surface area (Å²) in [5, 5.41) is 11.4. The lowest BCUT2D eigenvalue weighted by molar-refractivity contribution is -0.115. The maximum atomic E-state index is 12.6. The molecule has 0 unspecified atom stereocenters. The van der Waals surface area contributed by atoms with Gasteiger partial charge in [0.25, 0.3) is 5.56 Å². The summed E-state index contributed by atoms with van der Waals surface area (Å²) in [5.41, 5.74) is 0.970. The first-order chi connectivity index (χ1) is 14.4. The predicted octanol–water partition coefficient (Wildman–Crippen LogP) is 2.65. The zero-order valence-electron chi connectivity index (χ0n) is 17.0. The Morgan fingerprint density at radius 2 is 2.00 bits per heavy atom. The number of anilines is 2. The van der Waals surface area contributed by atoms with Crippen LogP contribution in [-0.2, 0) is 24.3 Å². The highest BCUT2D eigenvalue weighted by Crippen LogP contribution is 2.31. The molecule has 0 spiro atoms. The number of hydrogen-bond donors (Lipinski definition) is 0. The number of amides is 1. The number of nitrogens with zero attached hydrogens (tertiary/aromatic N) is 5. The van der Waals surface area contributed by atoms with Crippen LogP contribution < -0.4 is 16.1 Å². The third-order valence-electron chi connectivity index (χ3n) is 4.68. The van der Waals surface area contributed by atoms with E-state index in [0.29, 0.717) is 17.4 Å². The van der Waals surface area contributed by atoms with Gasteiger partial charge in [-0.05, 0) is 25.0 Å². The van der Waals surface area contributed by atoms with Crippen LogP contribution in [0.5, 0.6) is 0 Å². The van der Waals surface area contributed by atoms with E-state index in [-0.39, 0.29) is 18.0 Å². The van der Waals surface area contributed by atoms with E-state index >= 15 is 0 Å². The second kappa shape index (κ2) is 8.88. The molecule has 1 amide bonds. The Morgan fingerprint density at radius 3 is 2.63 bits per heavy atom. The van der Waals surface area contributed by atoms with Gasteiger partial charge in [-0.3, -0.25) is 23.6 Å². The monoisotopic (exact) mass is 423 g/mol. The molecule has 2 heterocycles. The van der Waals surface area contributed by atoms with Crippen LogP contribution in [0.25, 0.3) is 0 Å². The van der Waals surface area contributed by atoms with Gasteiger partial charge < -0.3 is 0 Å². The number of thiazole rings is 1. The van der Waals surface area contributed by atoms with Crippen LogP contribution in [0.15, 0.2) is 45.4 Å². The van der Waals surface area contributed by atoms with Crippen molar-refractivity contribution in [2.75, 3.05) is 4.90 Å². The average molecular weight is 423 g/mol. The van der Waals surface area contributed by atoms with E-state index in [1.54, 1.807) is 12.3 Å². The van der Waals surface area contributed by atoms with E-state index in [1.807, 2.05) is 37.3 Å². The van der Waals surface area contributed by atoms with Crippen molar-refractivity contribution in [3.05, 3.63) is 73.5 Å². The van der Waals surface area contributed by atoms with Crippen molar-refractivity contribution in [2.24, 2.45) is 0 Å². The lowest BCUT2D eigenvalue weighted by Gasteiger charge is -2.21. The molecule has 0 aliphatic heterocycles. The van der Waals surface area contributed by atoms with Crippen molar-refractivity contribution >= 4 is 28.1 Å². The molecule has 0 saturated heterocycles. The fraction of sp³-hybridized carbons (Fsp3) is 0.286. The molecular formula is C21H21N5O3S. The predicted molar refractivity (Wildman–Crippen MR) is 115 cm³/mol. The van der Waals surface area contributed by atoms with E-state index in [1.165, 1.54) is 33.9 Å². The molecule has 3 rings (SSSR count). The Kier molecular flexibility index (Phi) is 6.28. The third-order valence-corrected chi connectivity index (χ3v) is 5.55. The Labute approximate surface area is 177 Å². The summed E-state index contributed by atoms with van der Waals surface area (Å²) in [4.78, 5) is 43.5. The smallest absolute Gasteiger partial charge is 0.299 e. The molecule has 0 aliphatic rings. The summed E-state index contributed by atoms with van der Waals surface area (Å²) < 4.78 is 2.31. The number of rotatable bonds is 6. The first-order valence-electron chi connectivity index (χ1n) is 9.48. The summed E-state index contributed by atoms with van der Waals surface area (Å²) >= 11 is 1.26. The molecule has 8 nitrogen and oxygen atoms in total. The molecule has 2 aromatic heterocycles. The topological polar surface area (TPSA) is 101 Å². The maximum Gasteiger partial charge on any atom is 0.331 e. The van der Waals surface area contributed by atoms with Crippen molar-refractivity contribution in [3.63, 3.8) is 0 Å². The lowest BCUT2D eigenvalue weighted by Crippen LogP contribution is -2.41. The number of carbonyl (C=O) groups excluding carboxylic acids is 1. The van der Waals surface area contributed by atoms with Gasteiger partial charge in [-0.1, -0.05) is 25.1 Å². The highest BCUT2D eigenvalue weighted by Gasteiger charge is 2.21. The normalized spacial score (nSPS) is 10.6. The van der Waals surface area contributed by atoms with Crippen LogP contribution in [0.3, 0.4) is 0 Å². The molecule has 0 aliphatic carbocycles. The quantitative estimate of drug-likeness (QED) is 0.607. The van der Waals surface area contributed by atoms with E-state index in [2.05, 4.69) is 4.98 Å². The summed E-state index contributed by atoms with van der Waals surface area (Å²) in [5.74, 6) is -0.186. The van der Waals surface area contributed by atoms with E-state index < -0.39 is 11.2 Å². The first-order valence-corrected chi connectivity index (χ1v) is 10.4. The second-order valence-corrected chi connectivity index (χ2v) is 7.41. The number of aryl methyl sites for hydroxylation is 2. The van der Waals surface area contributed by atoms with Crippen LogP contribution >= 0.6 is 11.3 Å². The third kappa shape index (κ3) is 3.95. The van der Waals surface area contributed by atoms with E-state index in [0.717, 1.165) is 22.2 Å². The van der Waals surface area contributed by atoms with Crippen LogP contribution in [-0.4, -0.2) is 20.0 Å². The summed E-state index contributed by atoms with van der Waals surface area (Å²) in [6.07, 6.45) is 2.03. The Hall–Kier alpha value is -3.51. The molecular weight excluding hydrogens is 402 g/mol. The number of hydrogen-bond acceptors (Lipinski definition) is 6. The van der Waals surface area contributed by atoms with Gasteiger partial charge in [0.2, 0.25) is 5.91 Å². The highest BCUT2D eigenvalue weighted by molar-refractivity contribution is 7.14. The number of aromatic nitrogens is 3. The number of nitriles is 1. The van der Waals surface area contributed by atoms with Crippen molar-refractivity contribution in [1.82, 2.24) is 14.1 Å². The molecule has 0 radical (unpaired) electrons. The van der Waals surface area contributed by atoms with Crippen LogP contribution in [0, 0.1) is 11.3 Å². The van der Waals surface area contributed by atoms with Gasteiger partial charge in [0.05, 0.1) is 17.9 Å². The van der Waals surface area contributed by atoms with Gasteiger partial charge in [0, 0.05) is 25.0 Å².